The Morgan fingerprint density at radius 1 is 1.03 bits per heavy atom. The molecule has 192 valence electrons. The number of hydrogen-bond acceptors (Lipinski definition) is 6. The van der Waals surface area contributed by atoms with E-state index in [-0.39, 0.29) is 5.41 Å². The average Bonchev–Trinajstić information content (AvgIpc) is 3.19. The fourth-order valence-corrected chi connectivity index (χ4v) is 6.16. The van der Waals surface area contributed by atoms with Gasteiger partial charge in [0.05, 0.1) is 11.8 Å². The molecule has 1 atom stereocenters. The molecule has 2 aliphatic rings. The minimum absolute atomic E-state index is 0.0344. The van der Waals surface area contributed by atoms with Gasteiger partial charge in [0.25, 0.3) is 0 Å². The highest BCUT2D eigenvalue weighted by Gasteiger charge is 2.54. The number of rotatable bonds is 6. The van der Waals surface area contributed by atoms with Crippen molar-refractivity contribution in [3.05, 3.63) is 71.9 Å². The van der Waals surface area contributed by atoms with E-state index in [2.05, 4.69) is 20.1 Å². The molecular formula is C26H25F2N5O3S. The first-order chi connectivity index (χ1) is 17.6. The molecule has 1 N–H and O–H groups in total. The molecule has 0 saturated carbocycles. The van der Waals surface area contributed by atoms with Gasteiger partial charge in [0.15, 0.2) is 0 Å². The van der Waals surface area contributed by atoms with Crippen LogP contribution in [0.5, 0.6) is 5.75 Å². The molecule has 2 aromatic heterocycles. The second-order valence-corrected chi connectivity index (χ2v) is 12.0. The molecule has 1 spiro atoms. The van der Waals surface area contributed by atoms with E-state index in [1.807, 2.05) is 24.3 Å². The number of nitrogens with zero attached hydrogens (tertiary/aromatic N) is 4. The Hall–Kier alpha value is -3.57. The number of halogens is 2. The molecule has 37 heavy (non-hydrogen) atoms. The first kappa shape index (κ1) is 23.8. The maximum Gasteiger partial charge on any atom is 0.211 e. The second kappa shape index (κ2) is 8.49. The number of hydrogen-bond donors (Lipinski definition) is 1. The summed E-state index contributed by atoms with van der Waals surface area (Å²) >= 11 is 0. The van der Waals surface area contributed by atoms with E-state index < -0.39 is 27.8 Å². The predicted octanol–water partition coefficient (Wildman–Crippen LogP) is 4.12. The fourth-order valence-electron chi connectivity index (χ4n) is 5.14. The fraction of sp³-hybridized carbons (Fsp3) is 0.308. The summed E-state index contributed by atoms with van der Waals surface area (Å²) in [5.74, 6) is 0.0930. The van der Waals surface area contributed by atoms with Gasteiger partial charge in [0.2, 0.25) is 10.0 Å². The monoisotopic (exact) mass is 525 g/mol. The third-order valence-electron chi connectivity index (χ3n) is 7.09. The zero-order valence-corrected chi connectivity index (χ0v) is 21.1. The molecule has 0 amide bonds. The van der Waals surface area contributed by atoms with Crippen LogP contribution in [0.2, 0.25) is 0 Å². The van der Waals surface area contributed by atoms with Crippen molar-refractivity contribution in [3.63, 3.8) is 0 Å². The summed E-state index contributed by atoms with van der Waals surface area (Å²) in [6, 6.07) is 12.7. The standard InChI is InChI=1S/C26H25F2N5O3S/c1-16(18-7-19(27)9-20(28)8-18)36-21-4-5-23-22(10-21)25(31-30-23)17-3-6-24(29-11-17)32-12-26(13-32)14-33(15-26)37(2,34)35/h3-11,16H,12-15H2,1-2H3,(H,30,31)/t16-/m1/s1. The van der Waals surface area contributed by atoms with Gasteiger partial charge in [-0.3, -0.25) is 5.10 Å². The summed E-state index contributed by atoms with van der Waals surface area (Å²) in [5, 5.41) is 8.31. The molecule has 2 saturated heterocycles. The highest BCUT2D eigenvalue weighted by atomic mass is 32.2. The number of aromatic nitrogens is 3. The summed E-state index contributed by atoms with van der Waals surface area (Å²) < 4.78 is 58.0. The molecule has 0 bridgehead atoms. The van der Waals surface area contributed by atoms with Crippen LogP contribution >= 0.6 is 0 Å². The number of fused-ring (bicyclic) bond motifs is 1. The third-order valence-corrected chi connectivity index (χ3v) is 8.29. The second-order valence-electron chi connectivity index (χ2n) is 10.0. The largest absolute Gasteiger partial charge is 0.486 e. The minimum atomic E-state index is -3.12. The van der Waals surface area contributed by atoms with Crippen molar-refractivity contribution >= 4 is 26.7 Å². The van der Waals surface area contributed by atoms with Crippen LogP contribution in [0.4, 0.5) is 14.6 Å². The number of H-pyrrole nitrogens is 1. The Morgan fingerprint density at radius 2 is 1.76 bits per heavy atom. The van der Waals surface area contributed by atoms with Crippen LogP contribution in [0, 0.1) is 17.0 Å². The van der Waals surface area contributed by atoms with E-state index >= 15 is 0 Å². The van der Waals surface area contributed by atoms with Gasteiger partial charge in [0.1, 0.15) is 35.0 Å². The van der Waals surface area contributed by atoms with Crippen molar-refractivity contribution in [1.82, 2.24) is 19.5 Å². The Bertz CT molecular complexity index is 1570. The van der Waals surface area contributed by atoms with Crippen LogP contribution in [-0.2, 0) is 10.0 Å². The van der Waals surface area contributed by atoms with Crippen LogP contribution in [0.15, 0.2) is 54.7 Å². The van der Waals surface area contributed by atoms with Crippen LogP contribution < -0.4 is 9.64 Å². The summed E-state index contributed by atoms with van der Waals surface area (Å²) in [4.78, 5) is 6.77. The number of benzene rings is 2. The molecule has 0 radical (unpaired) electrons. The number of pyridine rings is 1. The van der Waals surface area contributed by atoms with Gasteiger partial charge in [-0.2, -0.15) is 5.10 Å². The van der Waals surface area contributed by atoms with Gasteiger partial charge in [-0.15, -0.1) is 0 Å². The molecular weight excluding hydrogens is 500 g/mol. The molecule has 11 heteroatoms. The number of ether oxygens (including phenoxy) is 1. The maximum atomic E-state index is 13.6. The lowest BCUT2D eigenvalue weighted by molar-refractivity contribution is 0.0395. The van der Waals surface area contributed by atoms with Crippen molar-refractivity contribution in [2.45, 2.75) is 13.0 Å². The van der Waals surface area contributed by atoms with Crippen LogP contribution in [0.3, 0.4) is 0 Å². The summed E-state index contributed by atoms with van der Waals surface area (Å²) in [6.45, 7) is 4.43. The average molecular weight is 526 g/mol. The zero-order valence-electron chi connectivity index (χ0n) is 20.3. The Labute approximate surface area is 212 Å². The van der Waals surface area contributed by atoms with E-state index in [1.165, 1.54) is 22.7 Å². The van der Waals surface area contributed by atoms with Gasteiger partial charge in [0, 0.05) is 54.8 Å². The van der Waals surface area contributed by atoms with Gasteiger partial charge >= 0.3 is 0 Å². The summed E-state index contributed by atoms with van der Waals surface area (Å²) in [5.41, 5.74) is 2.80. The maximum absolute atomic E-state index is 13.6. The molecule has 2 aliphatic heterocycles. The number of sulfonamides is 1. The predicted molar refractivity (Wildman–Crippen MR) is 136 cm³/mol. The van der Waals surface area contributed by atoms with Gasteiger partial charge in [-0.1, -0.05) is 0 Å². The normalized spacial score (nSPS) is 18.0. The summed E-state index contributed by atoms with van der Waals surface area (Å²) in [6.07, 6.45) is 2.46. The highest BCUT2D eigenvalue weighted by Crippen LogP contribution is 2.42. The van der Waals surface area contributed by atoms with Crippen LogP contribution in [-0.4, -0.2) is 60.3 Å². The number of nitrogens with one attached hydrogen (secondary N) is 1. The van der Waals surface area contributed by atoms with E-state index in [0.29, 0.717) is 30.1 Å². The summed E-state index contributed by atoms with van der Waals surface area (Å²) in [7, 11) is -3.12. The van der Waals surface area contributed by atoms with E-state index in [0.717, 1.165) is 41.4 Å². The van der Waals surface area contributed by atoms with Crippen molar-refractivity contribution in [2.24, 2.45) is 5.41 Å². The van der Waals surface area contributed by atoms with Crippen LogP contribution in [0.25, 0.3) is 22.2 Å². The molecule has 2 fully saturated rings. The smallest absolute Gasteiger partial charge is 0.211 e. The SMILES string of the molecule is C[C@@H](Oc1ccc2[nH]nc(-c3ccc(N4CC5(C4)CN(S(C)(=O)=O)C5)nc3)c2c1)c1cc(F)cc(F)c1. The third kappa shape index (κ3) is 4.42. The number of anilines is 1. The Balaban J connectivity index is 1.17. The van der Waals surface area contributed by atoms with Gasteiger partial charge in [-0.05, 0) is 55.0 Å². The molecule has 6 rings (SSSR count). The van der Waals surface area contributed by atoms with Gasteiger partial charge in [-0.25, -0.2) is 26.5 Å². The Kier molecular flexibility index (Phi) is 5.46. The Morgan fingerprint density at radius 3 is 2.41 bits per heavy atom. The van der Waals surface area contributed by atoms with Crippen molar-refractivity contribution in [3.8, 4) is 17.0 Å². The number of aromatic amines is 1. The lowest BCUT2D eigenvalue weighted by Gasteiger charge is -2.59. The van der Waals surface area contributed by atoms with Gasteiger partial charge < -0.3 is 9.64 Å². The molecule has 2 aromatic carbocycles. The molecule has 0 aliphatic carbocycles. The molecule has 4 heterocycles. The molecule has 8 nitrogen and oxygen atoms in total. The highest BCUT2D eigenvalue weighted by molar-refractivity contribution is 7.88. The van der Waals surface area contributed by atoms with Crippen molar-refractivity contribution < 1.29 is 21.9 Å². The topological polar surface area (TPSA) is 91.4 Å². The first-order valence-corrected chi connectivity index (χ1v) is 13.7. The minimum Gasteiger partial charge on any atom is -0.486 e. The lowest BCUT2D eigenvalue weighted by atomic mass is 9.74. The van der Waals surface area contributed by atoms with E-state index in [1.54, 1.807) is 19.2 Å². The molecule has 0 unspecified atom stereocenters. The van der Waals surface area contributed by atoms with E-state index in [4.69, 9.17) is 4.74 Å². The van der Waals surface area contributed by atoms with E-state index in [9.17, 15) is 17.2 Å². The first-order valence-electron chi connectivity index (χ1n) is 11.9. The van der Waals surface area contributed by atoms with Crippen LogP contribution in [0.1, 0.15) is 18.6 Å². The van der Waals surface area contributed by atoms with Crippen molar-refractivity contribution in [2.75, 3.05) is 37.3 Å². The quantitative estimate of drug-likeness (QED) is 0.407. The lowest BCUT2D eigenvalue weighted by Crippen LogP contribution is -2.73. The zero-order chi connectivity index (χ0) is 25.9. The van der Waals surface area contributed by atoms with Crippen molar-refractivity contribution in [1.29, 1.82) is 0 Å². The molecule has 4 aromatic rings.